The first-order valence-corrected chi connectivity index (χ1v) is 6.02. The fraction of sp³-hybridized carbons (Fsp3) is 0.308. The van der Waals surface area contributed by atoms with Gasteiger partial charge in [-0.3, -0.25) is 4.40 Å². The van der Waals surface area contributed by atoms with Crippen molar-refractivity contribution in [2.24, 2.45) is 12.8 Å². The number of hydrogen-bond donors (Lipinski definition) is 2. The Kier molecular flexibility index (Phi) is 2.48. The number of rotatable bonds is 3. The topological polar surface area (TPSA) is 64.0 Å². The number of H-pyrrole nitrogens is 1. The number of fused-ring (bicyclic) bond motifs is 1. The molecule has 3 rings (SSSR count). The van der Waals surface area contributed by atoms with Crippen molar-refractivity contribution in [2.75, 3.05) is 0 Å². The second kappa shape index (κ2) is 4.03. The van der Waals surface area contributed by atoms with Crippen molar-refractivity contribution >= 4 is 5.78 Å². The van der Waals surface area contributed by atoms with Crippen molar-refractivity contribution in [3.63, 3.8) is 0 Å². The van der Waals surface area contributed by atoms with Crippen molar-refractivity contribution in [3.8, 4) is 0 Å². The summed E-state index contributed by atoms with van der Waals surface area (Å²) in [5, 5.41) is 0. The van der Waals surface area contributed by atoms with Crippen LogP contribution in [0.4, 0.5) is 0 Å². The van der Waals surface area contributed by atoms with Crippen molar-refractivity contribution in [1.82, 2.24) is 18.9 Å². The van der Waals surface area contributed by atoms with Crippen LogP contribution in [0, 0.1) is 6.92 Å². The standard InChI is InChI=1S/C13H17N5/c1-9-6-18-8-12(16-13(18)15-9)11(14)5-10-3-4-17(2)7-10/h3-4,6-8,11H,5,14H2,1-2H3,(H,15,16). The Labute approximate surface area is 105 Å². The van der Waals surface area contributed by atoms with Crippen LogP contribution in [0.2, 0.25) is 0 Å². The van der Waals surface area contributed by atoms with Gasteiger partial charge in [0.25, 0.3) is 0 Å². The van der Waals surface area contributed by atoms with Crippen LogP contribution in [0.5, 0.6) is 0 Å². The van der Waals surface area contributed by atoms with Gasteiger partial charge in [-0.25, -0.2) is 4.98 Å². The third-order valence-electron chi connectivity index (χ3n) is 3.12. The van der Waals surface area contributed by atoms with Crippen LogP contribution in [-0.4, -0.2) is 18.9 Å². The second-order valence-electron chi connectivity index (χ2n) is 4.83. The number of nitrogens with zero attached hydrogens (tertiary/aromatic N) is 3. The molecule has 5 nitrogen and oxygen atoms in total. The Morgan fingerprint density at radius 3 is 2.89 bits per heavy atom. The number of imidazole rings is 2. The summed E-state index contributed by atoms with van der Waals surface area (Å²) in [4.78, 5) is 7.71. The first kappa shape index (κ1) is 11.1. The van der Waals surface area contributed by atoms with Crippen LogP contribution < -0.4 is 5.73 Å². The Balaban J connectivity index is 1.82. The Morgan fingerprint density at radius 1 is 1.39 bits per heavy atom. The molecule has 1 unspecified atom stereocenters. The highest BCUT2D eigenvalue weighted by atomic mass is 15.1. The van der Waals surface area contributed by atoms with Crippen molar-refractivity contribution in [3.05, 3.63) is 47.8 Å². The van der Waals surface area contributed by atoms with E-state index in [1.54, 1.807) is 0 Å². The van der Waals surface area contributed by atoms with E-state index in [0.717, 1.165) is 23.6 Å². The van der Waals surface area contributed by atoms with Gasteiger partial charge in [0.15, 0.2) is 0 Å². The van der Waals surface area contributed by atoms with Crippen molar-refractivity contribution < 1.29 is 0 Å². The maximum absolute atomic E-state index is 6.20. The Hall–Kier alpha value is -2.01. The highest BCUT2D eigenvalue weighted by molar-refractivity contribution is 5.34. The van der Waals surface area contributed by atoms with Crippen molar-refractivity contribution in [2.45, 2.75) is 19.4 Å². The zero-order valence-corrected chi connectivity index (χ0v) is 10.6. The molecule has 0 amide bonds. The highest BCUT2D eigenvalue weighted by Gasteiger charge is 2.12. The molecule has 0 aliphatic heterocycles. The fourth-order valence-corrected chi connectivity index (χ4v) is 2.24. The SMILES string of the molecule is Cc1cn2cc(C(N)Cc3ccn(C)c3)nc2[nH]1. The largest absolute Gasteiger partial charge is 0.357 e. The predicted molar refractivity (Wildman–Crippen MR) is 70.3 cm³/mol. The second-order valence-corrected chi connectivity index (χ2v) is 4.83. The molecular weight excluding hydrogens is 226 g/mol. The quantitative estimate of drug-likeness (QED) is 0.733. The van der Waals surface area contributed by atoms with Crippen LogP contribution in [0.1, 0.15) is 23.0 Å². The Morgan fingerprint density at radius 2 is 2.22 bits per heavy atom. The van der Waals surface area contributed by atoms with Gasteiger partial charge in [-0.1, -0.05) is 0 Å². The maximum atomic E-state index is 6.20. The van der Waals surface area contributed by atoms with Crippen LogP contribution in [0.15, 0.2) is 30.9 Å². The molecule has 3 aromatic heterocycles. The molecular formula is C13H17N5. The summed E-state index contributed by atoms with van der Waals surface area (Å²) in [6, 6.07) is 2.02. The predicted octanol–water partition coefficient (Wildman–Crippen LogP) is 1.55. The van der Waals surface area contributed by atoms with Gasteiger partial charge in [-0.05, 0) is 25.0 Å². The van der Waals surface area contributed by atoms with Gasteiger partial charge in [0, 0.05) is 37.5 Å². The molecule has 5 heteroatoms. The molecule has 3 heterocycles. The molecule has 0 aliphatic carbocycles. The van der Waals surface area contributed by atoms with E-state index < -0.39 is 0 Å². The molecule has 0 aromatic carbocycles. The molecule has 3 aromatic rings. The normalized spacial score (nSPS) is 13.3. The average molecular weight is 243 g/mol. The average Bonchev–Trinajstić information content (AvgIpc) is 2.92. The number of hydrogen-bond acceptors (Lipinski definition) is 2. The lowest BCUT2D eigenvalue weighted by Crippen LogP contribution is -2.13. The van der Waals surface area contributed by atoms with E-state index >= 15 is 0 Å². The molecule has 0 aliphatic rings. The number of nitrogens with one attached hydrogen (secondary N) is 1. The summed E-state index contributed by atoms with van der Waals surface area (Å²) in [6.45, 7) is 2.01. The summed E-state index contributed by atoms with van der Waals surface area (Å²) in [6.07, 6.45) is 8.93. The van der Waals surface area contributed by atoms with Gasteiger partial charge >= 0.3 is 0 Å². The molecule has 0 bridgehead atoms. The number of aromatic nitrogens is 4. The van der Waals surface area contributed by atoms with Crippen LogP contribution in [-0.2, 0) is 13.5 Å². The zero-order valence-electron chi connectivity index (χ0n) is 10.6. The van der Waals surface area contributed by atoms with Crippen LogP contribution in [0.3, 0.4) is 0 Å². The van der Waals surface area contributed by atoms with E-state index in [-0.39, 0.29) is 6.04 Å². The molecule has 0 radical (unpaired) electrons. The minimum atomic E-state index is -0.0685. The fourth-order valence-electron chi connectivity index (χ4n) is 2.24. The molecule has 0 saturated heterocycles. The number of aryl methyl sites for hydroxylation is 2. The lowest BCUT2D eigenvalue weighted by Gasteiger charge is -2.06. The molecule has 0 fully saturated rings. The zero-order chi connectivity index (χ0) is 12.7. The summed E-state index contributed by atoms with van der Waals surface area (Å²) in [7, 11) is 2.01. The van der Waals surface area contributed by atoms with E-state index in [9.17, 15) is 0 Å². The van der Waals surface area contributed by atoms with Gasteiger partial charge in [-0.15, -0.1) is 0 Å². The van der Waals surface area contributed by atoms with Gasteiger partial charge < -0.3 is 15.3 Å². The van der Waals surface area contributed by atoms with E-state index in [1.807, 2.05) is 41.5 Å². The Bertz CT molecular complexity index is 641. The summed E-state index contributed by atoms with van der Waals surface area (Å²) in [5.41, 5.74) is 9.45. The van der Waals surface area contributed by atoms with E-state index in [4.69, 9.17) is 5.73 Å². The summed E-state index contributed by atoms with van der Waals surface area (Å²) in [5.74, 6) is 0.853. The lowest BCUT2D eigenvalue weighted by atomic mass is 10.1. The van der Waals surface area contributed by atoms with E-state index in [1.165, 1.54) is 5.56 Å². The lowest BCUT2D eigenvalue weighted by molar-refractivity contribution is 0.700. The highest BCUT2D eigenvalue weighted by Crippen LogP contribution is 2.16. The molecule has 0 spiro atoms. The third-order valence-corrected chi connectivity index (χ3v) is 3.12. The van der Waals surface area contributed by atoms with Crippen molar-refractivity contribution in [1.29, 1.82) is 0 Å². The molecule has 94 valence electrons. The first-order chi connectivity index (χ1) is 8.61. The molecule has 3 N–H and O–H groups in total. The maximum Gasteiger partial charge on any atom is 0.211 e. The minimum absolute atomic E-state index is 0.0685. The summed E-state index contributed by atoms with van der Waals surface area (Å²) < 4.78 is 4.01. The van der Waals surface area contributed by atoms with E-state index in [2.05, 4.69) is 22.2 Å². The van der Waals surface area contributed by atoms with E-state index in [0.29, 0.717) is 0 Å². The van der Waals surface area contributed by atoms with Crippen LogP contribution >= 0.6 is 0 Å². The summed E-state index contributed by atoms with van der Waals surface area (Å²) >= 11 is 0. The molecule has 18 heavy (non-hydrogen) atoms. The van der Waals surface area contributed by atoms with Gasteiger partial charge in [0.05, 0.1) is 11.7 Å². The van der Waals surface area contributed by atoms with Crippen LogP contribution in [0.25, 0.3) is 5.78 Å². The van der Waals surface area contributed by atoms with Gasteiger partial charge in [0.1, 0.15) is 0 Å². The molecule has 1 atom stereocenters. The third kappa shape index (κ3) is 1.93. The minimum Gasteiger partial charge on any atom is -0.357 e. The monoisotopic (exact) mass is 243 g/mol. The number of nitrogens with two attached hydrogens (primary N) is 1. The smallest absolute Gasteiger partial charge is 0.211 e. The first-order valence-electron chi connectivity index (χ1n) is 6.02. The molecule has 0 saturated carbocycles. The van der Waals surface area contributed by atoms with Gasteiger partial charge in [-0.2, -0.15) is 0 Å². The van der Waals surface area contributed by atoms with Gasteiger partial charge in [0.2, 0.25) is 5.78 Å². The number of aromatic amines is 1.